The lowest BCUT2D eigenvalue weighted by Crippen LogP contribution is -2.45. The van der Waals surface area contributed by atoms with Crippen LogP contribution in [-0.4, -0.2) is 35.0 Å². The zero-order chi connectivity index (χ0) is 17.1. The van der Waals surface area contributed by atoms with E-state index in [1.54, 1.807) is 0 Å². The van der Waals surface area contributed by atoms with Gasteiger partial charge in [-0.15, -0.1) is 0 Å². The summed E-state index contributed by atoms with van der Waals surface area (Å²) in [6.45, 7) is 5.60. The van der Waals surface area contributed by atoms with Gasteiger partial charge in [-0.05, 0) is 56.9 Å². The van der Waals surface area contributed by atoms with Crippen molar-refractivity contribution in [3.05, 3.63) is 34.9 Å². The molecular weight excluding hydrogens is 302 g/mol. The third-order valence-electron chi connectivity index (χ3n) is 6.47. The Hall–Kier alpha value is -1.84. The number of carbonyl (C=O) groups excluding carboxylic acids is 1. The van der Waals surface area contributed by atoms with Crippen LogP contribution in [0.5, 0.6) is 0 Å². The van der Waals surface area contributed by atoms with Gasteiger partial charge in [-0.2, -0.15) is 0 Å². The van der Waals surface area contributed by atoms with Crippen molar-refractivity contribution in [1.82, 2.24) is 4.90 Å². The number of benzene rings is 1. The average molecular weight is 327 g/mol. The molecule has 1 unspecified atom stereocenters. The first-order valence-electron chi connectivity index (χ1n) is 8.97. The van der Waals surface area contributed by atoms with Gasteiger partial charge in [0.25, 0.3) is 0 Å². The van der Waals surface area contributed by atoms with Gasteiger partial charge in [-0.3, -0.25) is 9.59 Å². The van der Waals surface area contributed by atoms with E-state index in [0.717, 1.165) is 45.2 Å². The number of aryl methyl sites for hydroxylation is 2. The van der Waals surface area contributed by atoms with Gasteiger partial charge in [-0.25, -0.2) is 0 Å². The van der Waals surface area contributed by atoms with Gasteiger partial charge in [0.2, 0.25) is 5.91 Å². The molecule has 1 heterocycles. The Morgan fingerprint density at radius 2 is 1.62 bits per heavy atom. The molecule has 1 amide bonds. The summed E-state index contributed by atoms with van der Waals surface area (Å²) in [4.78, 5) is 26.3. The lowest BCUT2D eigenvalue weighted by Gasteiger charge is -2.35. The Labute approximate surface area is 142 Å². The van der Waals surface area contributed by atoms with Crippen molar-refractivity contribution in [2.24, 2.45) is 11.3 Å². The fourth-order valence-electron chi connectivity index (χ4n) is 4.71. The van der Waals surface area contributed by atoms with Crippen molar-refractivity contribution in [2.45, 2.75) is 51.4 Å². The molecule has 24 heavy (non-hydrogen) atoms. The van der Waals surface area contributed by atoms with Crippen LogP contribution in [0.4, 0.5) is 0 Å². The SMILES string of the molecule is Cc1cc(C)cc(C2(C(=O)N3CCC4(CC3)CC4C(=O)O)CC2)c1. The van der Waals surface area contributed by atoms with Gasteiger partial charge in [0, 0.05) is 13.1 Å². The molecule has 1 aromatic carbocycles. The van der Waals surface area contributed by atoms with Crippen molar-refractivity contribution in [3.8, 4) is 0 Å². The fourth-order valence-corrected chi connectivity index (χ4v) is 4.71. The number of hydrogen-bond acceptors (Lipinski definition) is 2. The number of hydrogen-bond donors (Lipinski definition) is 1. The highest BCUT2D eigenvalue weighted by Gasteiger charge is 2.60. The predicted molar refractivity (Wildman–Crippen MR) is 90.8 cm³/mol. The van der Waals surface area contributed by atoms with Crippen LogP contribution in [-0.2, 0) is 15.0 Å². The van der Waals surface area contributed by atoms with E-state index in [9.17, 15) is 14.7 Å². The molecule has 1 saturated heterocycles. The maximum atomic E-state index is 13.2. The molecule has 128 valence electrons. The highest BCUT2D eigenvalue weighted by molar-refractivity contribution is 5.91. The van der Waals surface area contributed by atoms with E-state index in [1.807, 2.05) is 4.90 Å². The zero-order valence-corrected chi connectivity index (χ0v) is 14.5. The van der Waals surface area contributed by atoms with E-state index in [4.69, 9.17) is 0 Å². The third kappa shape index (κ3) is 2.35. The molecule has 4 rings (SSSR count). The smallest absolute Gasteiger partial charge is 0.307 e. The van der Waals surface area contributed by atoms with Crippen molar-refractivity contribution in [1.29, 1.82) is 0 Å². The van der Waals surface area contributed by atoms with E-state index >= 15 is 0 Å². The van der Waals surface area contributed by atoms with Gasteiger partial charge < -0.3 is 10.0 Å². The summed E-state index contributed by atoms with van der Waals surface area (Å²) in [5, 5.41) is 9.21. The standard InChI is InChI=1S/C20H25NO3/c1-13-9-14(2)11-15(10-13)20(3-4-20)18(24)21-7-5-19(6-8-21)12-16(19)17(22)23/h9-11,16H,3-8,12H2,1-2H3,(H,22,23). The van der Waals surface area contributed by atoms with Gasteiger partial charge in [0.15, 0.2) is 0 Å². The molecule has 4 heteroatoms. The minimum atomic E-state index is -0.663. The lowest BCUT2D eigenvalue weighted by molar-refractivity contribution is -0.140. The first-order chi connectivity index (χ1) is 11.4. The van der Waals surface area contributed by atoms with Crippen LogP contribution in [0.3, 0.4) is 0 Å². The summed E-state index contributed by atoms with van der Waals surface area (Å²) < 4.78 is 0. The van der Waals surface area contributed by atoms with Gasteiger partial charge in [-0.1, -0.05) is 29.3 Å². The largest absolute Gasteiger partial charge is 0.481 e. The number of rotatable bonds is 3. The number of nitrogens with zero attached hydrogens (tertiary/aromatic N) is 1. The number of amides is 1. The van der Waals surface area contributed by atoms with Crippen molar-refractivity contribution in [3.63, 3.8) is 0 Å². The lowest BCUT2D eigenvalue weighted by atomic mass is 9.87. The zero-order valence-electron chi connectivity index (χ0n) is 14.5. The van der Waals surface area contributed by atoms with Crippen LogP contribution in [0.15, 0.2) is 18.2 Å². The Morgan fingerprint density at radius 1 is 1.04 bits per heavy atom. The molecule has 2 saturated carbocycles. The molecule has 3 fully saturated rings. The first-order valence-corrected chi connectivity index (χ1v) is 8.97. The molecule has 0 bridgehead atoms. The summed E-state index contributed by atoms with van der Waals surface area (Å²) in [6.07, 6.45) is 4.37. The Morgan fingerprint density at radius 3 is 2.08 bits per heavy atom. The summed E-state index contributed by atoms with van der Waals surface area (Å²) in [7, 11) is 0. The maximum Gasteiger partial charge on any atom is 0.307 e. The normalized spacial score (nSPS) is 26.2. The van der Waals surface area contributed by atoms with Gasteiger partial charge in [0.1, 0.15) is 0 Å². The highest BCUT2D eigenvalue weighted by Crippen LogP contribution is 2.60. The van der Waals surface area contributed by atoms with E-state index in [1.165, 1.54) is 16.7 Å². The average Bonchev–Trinajstić information content (AvgIpc) is 3.42. The summed E-state index contributed by atoms with van der Waals surface area (Å²) >= 11 is 0. The molecule has 0 aromatic heterocycles. The highest BCUT2D eigenvalue weighted by atomic mass is 16.4. The van der Waals surface area contributed by atoms with Crippen LogP contribution in [0.25, 0.3) is 0 Å². The fraction of sp³-hybridized carbons (Fsp3) is 0.600. The Balaban J connectivity index is 1.48. The second kappa shape index (κ2) is 5.08. The van der Waals surface area contributed by atoms with E-state index < -0.39 is 5.97 Å². The second-order valence-corrected chi connectivity index (χ2v) is 8.21. The first kappa shape index (κ1) is 15.7. The number of carbonyl (C=O) groups is 2. The molecule has 0 radical (unpaired) electrons. The van der Waals surface area contributed by atoms with E-state index in [0.29, 0.717) is 0 Å². The van der Waals surface area contributed by atoms with Gasteiger partial charge >= 0.3 is 5.97 Å². The number of likely N-dealkylation sites (tertiary alicyclic amines) is 1. The van der Waals surface area contributed by atoms with Gasteiger partial charge in [0.05, 0.1) is 11.3 Å². The number of carboxylic acid groups (broad SMARTS) is 1. The van der Waals surface area contributed by atoms with Crippen LogP contribution < -0.4 is 0 Å². The summed E-state index contributed by atoms with van der Waals surface area (Å²) in [6, 6.07) is 6.46. The van der Waals surface area contributed by atoms with E-state index in [2.05, 4.69) is 32.0 Å². The Kier molecular flexibility index (Phi) is 3.32. The molecule has 2 aliphatic carbocycles. The molecular formula is C20H25NO3. The third-order valence-corrected chi connectivity index (χ3v) is 6.47. The van der Waals surface area contributed by atoms with Crippen LogP contribution in [0.2, 0.25) is 0 Å². The quantitative estimate of drug-likeness (QED) is 0.928. The minimum absolute atomic E-state index is 0.0146. The van der Waals surface area contributed by atoms with Crippen LogP contribution in [0.1, 0.15) is 48.8 Å². The van der Waals surface area contributed by atoms with Crippen LogP contribution in [0, 0.1) is 25.2 Å². The van der Waals surface area contributed by atoms with E-state index in [-0.39, 0.29) is 22.7 Å². The van der Waals surface area contributed by atoms with Crippen molar-refractivity contribution < 1.29 is 14.7 Å². The molecule has 1 atom stereocenters. The van der Waals surface area contributed by atoms with Crippen LogP contribution >= 0.6 is 0 Å². The molecule has 4 nitrogen and oxygen atoms in total. The summed E-state index contributed by atoms with van der Waals surface area (Å²) in [5.41, 5.74) is 3.27. The minimum Gasteiger partial charge on any atom is -0.481 e. The topological polar surface area (TPSA) is 57.6 Å². The predicted octanol–water partition coefficient (Wildman–Crippen LogP) is 3.05. The monoisotopic (exact) mass is 327 g/mol. The molecule has 1 spiro atoms. The van der Waals surface area contributed by atoms with Crippen molar-refractivity contribution >= 4 is 11.9 Å². The number of carboxylic acids is 1. The Bertz CT molecular complexity index is 691. The molecule has 1 aliphatic heterocycles. The van der Waals surface area contributed by atoms with Crippen molar-refractivity contribution in [2.75, 3.05) is 13.1 Å². The number of aliphatic carboxylic acids is 1. The molecule has 3 aliphatic rings. The molecule has 1 N–H and O–H groups in total. The second-order valence-electron chi connectivity index (χ2n) is 8.21. The maximum absolute atomic E-state index is 13.2. The number of piperidine rings is 1. The molecule has 1 aromatic rings. The summed E-state index contributed by atoms with van der Waals surface area (Å²) in [5.74, 6) is -0.581.